The minimum atomic E-state index is -0.637. The zero-order valence-electron chi connectivity index (χ0n) is 9.91. The molecule has 2 heterocycles. The zero-order chi connectivity index (χ0) is 11.6. The molecule has 0 bridgehead atoms. The van der Waals surface area contributed by atoms with Gasteiger partial charge in [0, 0.05) is 39.3 Å². The van der Waals surface area contributed by atoms with E-state index in [2.05, 4.69) is 22.2 Å². The molecule has 0 aromatic heterocycles. The average molecular weight is 227 g/mol. The monoisotopic (exact) mass is 227 g/mol. The van der Waals surface area contributed by atoms with Gasteiger partial charge in [0.15, 0.2) is 0 Å². The average Bonchev–Trinajstić information content (AvgIpc) is 2.31. The van der Waals surface area contributed by atoms with Gasteiger partial charge in [-0.3, -0.25) is 9.69 Å². The van der Waals surface area contributed by atoms with E-state index in [0.717, 1.165) is 52.1 Å². The largest absolute Gasteiger partial charge is 0.480 e. The maximum Gasteiger partial charge on any atom is 0.324 e. The van der Waals surface area contributed by atoms with E-state index in [4.69, 9.17) is 0 Å². The maximum absolute atomic E-state index is 11.6. The van der Waals surface area contributed by atoms with E-state index in [9.17, 15) is 9.90 Å². The Kier molecular flexibility index (Phi) is 3.47. The molecule has 5 nitrogen and oxygen atoms in total. The van der Waals surface area contributed by atoms with E-state index in [1.54, 1.807) is 0 Å². The lowest BCUT2D eigenvalue weighted by molar-refractivity contribution is -0.155. The van der Waals surface area contributed by atoms with Crippen molar-refractivity contribution in [1.82, 2.24) is 15.1 Å². The Bertz CT molecular complexity index is 256. The molecular formula is C11H21N3O2. The highest BCUT2D eigenvalue weighted by Gasteiger charge is 2.45. The fraction of sp³-hybridized carbons (Fsp3) is 0.909. The van der Waals surface area contributed by atoms with Crippen LogP contribution in [0.1, 0.15) is 12.8 Å². The second-order valence-corrected chi connectivity index (χ2v) is 4.88. The summed E-state index contributed by atoms with van der Waals surface area (Å²) in [5.74, 6) is -0.637. The van der Waals surface area contributed by atoms with E-state index in [-0.39, 0.29) is 0 Å². The molecule has 2 saturated heterocycles. The van der Waals surface area contributed by atoms with Crippen molar-refractivity contribution in [3.8, 4) is 0 Å². The Hall–Kier alpha value is -0.650. The third kappa shape index (κ3) is 2.07. The number of hydrogen-bond acceptors (Lipinski definition) is 4. The van der Waals surface area contributed by atoms with Crippen molar-refractivity contribution in [2.45, 2.75) is 18.4 Å². The topological polar surface area (TPSA) is 55.8 Å². The molecule has 0 aliphatic carbocycles. The predicted molar refractivity (Wildman–Crippen MR) is 61.5 cm³/mol. The van der Waals surface area contributed by atoms with E-state index >= 15 is 0 Å². The van der Waals surface area contributed by atoms with Crippen LogP contribution in [0, 0.1) is 0 Å². The van der Waals surface area contributed by atoms with Gasteiger partial charge in [-0.05, 0) is 19.9 Å². The summed E-state index contributed by atoms with van der Waals surface area (Å²) in [5.41, 5.74) is -0.603. The second-order valence-electron chi connectivity index (χ2n) is 4.88. The molecule has 16 heavy (non-hydrogen) atoms. The molecular weight excluding hydrogens is 206 g/mol. The Morgan fingerprint density at radius 3 is 2.25 bits per heavy atom. The molecule has 2 aliphatic heterocycles. The number of carboxylic acid groups (broad SMARTS) is 1. The standard InChI is InChI=1S/C11H21N3O2/c1-13-6-2-11(3-7-13,10(15)16)14-8-4-12-5-9-14/h12H,2-9H2,1H3,(H,15,16). The molecule has 0 aromatic rings. The van der Waals surface area contributed by atoms with Crippen LogP contribution in [0.5, 0.6) is 0 Å². The van der Waals surface area contributed by atoms with E-state index in [0.29, 0.717) is 0 Å². The Balaban J connectivity index is 2.11. The minimum Gasteiger partial charge on any atom is -0.480 e. The van der Waals surface area contributed by atoms with Crippen molar-refractivity contribution in [3.63, 3.8) is 0 Å². The molecule has 0 amide bonds. The maximum atomic E-state index is 11.6. The summed E-state index contributed by atoms with van der Waals surface area (Å²) in [4.78, 5) is 16.0. The van der Waals surface area contributed by atoms with Crippen molar-refractivity contribution in [1.29, 1.82) is 0 Å². The number of likely N-dealkylation sites (tertiary alicyclic amines) is 1. The molecule has 0 unspecified atom stereocenters. The first-order valence-corrected chi connectivity index (χ1v) is 6.03. The van der Waals surface area contributed by atoms with Gasteiger partial charge in [-0.25, -0.2) is 0 Å². The molecule has 2 rings (SSSR count). The lowest BCUT2D eigenvalue weighted by Crippen LogP contribution is -2.63. The number of rotatable bonds is 2. The first-order chi connectivity index (χ1) is 7.65. The third-order valence-electron chi connectivity index (χ3n) is 3.93. The number of nitrogens with zero attached hydrogens (tertiary/aromatic N) is 2. The number of aliphatic carboxylic acids is 1. The number of nitrogens with one attached hydrogen (secondary N) is 1. The summed E-state index contributed by atoms with van der Waals surface area (Å²) in [6.07, 6.45) is 1.50. The van der Waals surface area contributed by atoms with Crippen molar-refractivity contribution in [3.05, 3.63) is 0 Å². The fourth-order valence-electron chi connectivity index (χ4n) is 2.75. The van der Waals surface area contributed by atoms with Crippen LogP contribution in [0.2, 0.25) is 0 Å². The van der Waals surface area contributed by atoms with Crippen LogP contribution >= 0.6 is 0 Å². The number of carbonyl (C=O) groups is 1. The van der Waals surface area contributed by atoms with Gasteiger partial charge in [0.05, 0.1) is 0 Å². The number of hydrogen-bond donors (Lipinski definition) is 2. The number of piperidine rings is 1. The van der Waals surface area contributed by atoms with Gasteiger partial charge >= 0.3 is 5.97 Å². The van der Waals surface area contributed by atoms with Crippen molar-refractivity contribution in [2.75, 3.05) is 46.3 Å². The molecule has 5 heteroatoms. The second kappa shape index (κ2) is 4.69. The Labute approximate surface area is 96.4 Å². The summed E-state index contributed by atoms with van der Waals surface area (Å²) in [7, 11) is 2.06. The van der Waals surface area contributed by atoms with E-state index in [1.165, 1.54) is 0 Å². The van der Waals surface area contributed by atoms with Gasteiger partial charge in [0.2, 0.25) is 0 Å². The van der Waals surface area contributed by atoms with Crippen LogP contribution in [0.25, 0.3) is 0 Å². The van der Waals surface area contributed by atoms with Crippen LogP contribution in [0.4, 0.5) is 0 Å². The summed E-state index contributed by atoms with van der Waals surface area (Å²) in [6, 6.07) is 0. The van der Waals surface area contributed by atoms with Gasteiger partial charge in [0.25, 0.3) is 0 Å². The number of carboxylic acids is 1. The first-order valence-electron chi connectivity index (χ1n) is 6.03. The van der Waals surface area contributed by atoms with Crippen LogP contribution in [0.3, 0.4) is 0 Å². The Morgan fingerprint density at radius 2 is 1.75 bits per heavy atom. The highest BCUT2D eigenvalue weighted by molar-refractivity contribution is 5.79. The molecule has 2 aliphatic rings. The van der Waals surface area contributed by atoms with Gasteiger partial charge in [-0.1, -0.05) is 0 Å². The molecule has 0 saturated carbocycles. The van der Waals surface area contributed by atoms with Gasteiger partial charge in [-0.15, -0.1) is 0 Å². The fourth-order valence-corrected chi connectivity index (χ4v) is 2.75. The third-order valence-corrected chi connectivity index (χ3v) is 3.93. The van der Waals surface area contributed by atoms with Crippen LogP contribution in [-0.2, 0) is 4.79 Å². The number of piperazine rings is 1. The van der Waals surface area contributed by atoms with Gasteiger partial charge in [0.1, 0.15) is 5.54 Å². The quantitative estimate of drug-likeness (QED) is 0.662. The first kappa shape index (κ1) is 11.8. The zero-order valence-corrected chi connectivity index (χ0v) is 9.91. The summed E-state index contributed by atoms with van der Waals surface area (Å²) >= 11 is 0. The molecule has 2 fully saturated rings. The van der Waals surface area contributed by atoms with E-state index in [1.807, 2.05) is 0 Å². The molecule has 0 spiro atoms. The summed E-state index contributed by atoms with van der Waals surface area (Å²) in [5, 5.41) is 12.8. The normalized spacial score (nSPS) is 27.8. The van der Waals surface area contributed by atoms with Crippen molar-refractivity contribution < 1.29 is 9.90 Å². The van der Waals surface area contributed by atoms with Crippen molar-refractivity contribution in [2.24, 2.45) is 0 Å². The lowest BCUT2D eigenvalue weighted by Gasteiger charge is -2.46. The molecule has 0 radical (unpaired) electrons. The molecule has 0 aromatic carbocycles. The minimum absolute atomic E-state index is 0.603. The smallest absolute Gasteiger partial charge is 0.324 e. The Morgan fingerprint density at radius 1 is 1.19 bits per heavy atom. The molecule has 0 atom stereocenters. The van der Waals surface area contributed by atoms with Crippen molar-refractivity contribution >= 4 is 5.97 Å². The van der Waals surface area contributed by atoms with Gasteiger partial charge in [-0.2, -0.15) is 0 Å². The van der Waals surface area contributed by atoms with E-state index < -0.39 is 11.5 Å². The SMILES string of the molecule is CN1CCC(C(=O)O)(N2CCNCC2)CC1. The molecule has 2 N–H and O–H groups in total. The molecule has 92 valence electrons. The van der Waals surface area contributed by atoms with Crippen LogP contribution in [-0.4, -0.2) is 72.7 Å². The summed E-state index contributed by atoms with van der Waals surface area (Å²) < 4.78 is 0. The highest BCUT2D eigenvalue weighted by atomic mass is 16.4. The highest BCUT2D eigenvalue weighted by Crippen LogP contribution is 2.29. The summed E-state index contributed by atoms with van der Waals surface area (Å²) in [6.45, 7) is 5.30. The van der Waals surface area contributed by atoms with Crippen LogP contribution < -0.4 is 5.32 Å². The lowest BCUT2D eigenvalue weighted by atomic mass is 9.85. The van der Waals surface area contributed by atoms with Crippen LogP contribution in [0.15, 0.2) is 0 Å². The van der Waals surface area contributed by atoms with Gasteiger partial charge < -0.3 is 15.3 Å². The predicted octanol–water partition coefficient (Wildman–Crippen LogP) is -0.559.